The van der Waals surface area contributed by atoms with E-state index in [4.69, 9.17) is 18.0 Å². The van der Waals surface area contributed by atoms with Crippen LogP contribution in [0.2, 0.25) is 0 Å². The summed E-state index contributed by atoms with van der Waals surface area (Å²) in [7, 11) is 0. The van der Waals surface area contributed by atoms with Gasteiger partial charge in [-0.3, -0.25) is 0 Å². The van der Waals surface area contributed by atoms with Gasteiger partial charge >= 0.3 is 0 Å². The van der Waals surface area contributed by atoms with E-state index in [1.807, 2.05) is 6.92 Å². The van der Waals surface area contributed by atoms with Crippen LogP contribution < -0.4 is 5.73 Å². The van der Waals surface area contributed by atoms with Crippen LogP contribution in [0.3, 0.4) is 0 Å². The maximum absolute atomic E-state index is 5.66. The molecule has 0 unspecified atom stereocenters. The highest BCUT2D eigenvalue weighted by molar-refractivity contribution is 7.81. The average Bonchev–Trinajstić information content (AvgIpc) is 2.62. The van der Waals surface area contributed by atoms with Gasteiger partial charge in [0.1, 0.15) is 4.99 Å². The molecule has 0 bridgehead atoms. The van der Waals surface area contributed by atoms with Crippen LogP contribution in [0.25, 0.3) is 0 Å². The zero-order chi connectivity index (χ0) is 10.8. The van der Waals surface area contributed by atoms with Crippen LogP contribution in [-0.4, -0.2) is 9.97 Å². The maximum atomic E-state index is 5.66. The average molecular weight is 240 g/mol. The lowest BCUT2D eigenvalue weighted by Crippen LogP contribution is -2.08. The third-order valence-corrected chi connectivity index (χ3v) is 4.68. The Labute approximate surface area is 99.9 Å². The largest absolute Gasteiger partial charge is 0.389 e. The standard InChI is InChI=1S/C11H16N2S2/c1-7-9(10(12)14)15-11(13-7)8-5-3-2-4-6-8/h8H,2-6H2,1H3,(H2,12,14). The Bertz CT molecular complexity index is 365. The molecule has 82 valence electrons. The molecule has 4 heteroatoms. The highest BCUT2D eigenvalue weighted by Crippen LogP contribution is 2.35. The fourth-order valence-corrected chi connectivity index (χ4v) is 3.53. The number of rotatable bonds is 2. The van der Waals surface area contributed by atoms with E-state index in [1.54, 1.807) is 11.3 Å². The van der Waals surface area contributed by atoms with Crippen molar-refractivity contribution in [2.75, 3.05) is 0 Å². The fourth-order valence-electron chi connectivity index (χ4n) is 2.17. The van der Waals surface area contributed by atoms with Crippen molar-refractivity contribution in [3.8, 4) is 0 Å². The summed E-state index contributed by atoms with van der Waals surface area (Å²) in [5, 5.41) is 1.25. The van der Waals surface area contributed by atoms with E-state index in [-0.39, 0.29) is 0 Å². The van der Waals surface area contributed by atoms with Gasteiger partial charge in [0.15, 0.2) is 0 Å². The quantitative estimate of drug-likeness (QED) is 0.807. The first kappa shape index (κ1) is 11.0. The van der Waals surface area contributed by atoms with Crippen molar-refractivity contribution in [1.82, 2.24) is 4.98 Å². The lowest BCUT2D eigenvalue weighted by molar-refractivity contribution is 0.442. The fraction of sp³-hybridized carbons (Fsp3) is 0.636. The molecule has 15 heavy (non-hydrogen) atoms. The van der Waals surface area contributed by atoms with Gasteiger partial charge in [-0.25, -0.2) is 4.98 Å². The molecule has 1 fully saturated rings. The van der Waals surface area contributed by atoms with E-state index in [0.29, 0.717) is 10.9 Å². The van der Waals surface area contributed by atoms with Gasteiger partial charge in [-0.1, -0.05) is 31.5 Å². The van der Waals surface area contributed by atoms with Gasteiger partial charge in [0.2, 0.25) is 0 Å². The van der Waals surface area contributed by atoms with E-state index >= 15 is 0 Å². The molecule has 0 amide bonds. The minimum absolute atomic E-state index is 0.493. The highest BCUT2D eigenvalue weighted by Gasteiger charge is 2.20. The smallest absolute Gasteiger partial charge is 0.116 e. The molecule has 1 heterocycles. The molecule has 1 aliphatic carbocycles. The molecule has 2 nitrogen and oxygen atoms in total. The van der Waals surface area contributed by atoms with Crippen molar-refractivity contribution in [2.24, 2.45) is 5.73 Å². The summed E-state index contributed by atoms with van der Waals surface area (Å²) >= 11 is 6.71. The Morgan fingerprint density at radius 2 is 2.07 bits per heavy atom. The second-order valence-corrected chi connectivity index (χ2v) is 5.64. The molecule has 1 aromatic heterocycles. The summed E-state index contributed by atoms with van der Waals surface area (Å²) in [6.07, 6.45) is 6.62. The minimum Gasteiger partial charge on any atom is -0.389 e. The number of hydrogen-bond acceptors (Lipinski definition) is 3. The first-order valence-corrected chi connectivity index (χ1v) is 6.68. The van der Waals surface area contributed by atoms with Crippen LogP contribution in [0.5, 0.6) is 0 Å². The third kappa shape index (κ3) is 2.37. The lowest BCUT2D eigenvalue weighted by Gasteiger charge is -2.18. The molecule has 0 aromatic carbocycles. The summed E-state index contributed by atoms with van der Waals surface area (Å²) in [5.74, 6) is 0.658. The molecule has 0 saturated heterocycles. The van der Waals surface area contributed by atoms with E-state index in [2.05, 4.69) is 4.98 Å². The number of hydrogen-bond donors (Lipinski definition) is 1. The van der Waals surface area contributed by atoms with Crippen molar-refractivity contribution < 1.29 is 0 Å². The Kier molecular flexibility index (Phi) is 3.36. The molecule has 1 aliphatic rings. The summed E-state index contributed by atoms with van der Waals surface area (Å²) in [5.41, 5.74) is 6.67. The summed E-state index contributed by atoms with van der Waals surface area (Å²) in [4.78, 5) is 6.10. The second-order valence-electron chi connectivity index (χ2n) is 4.17. The molecule has 0 aliphatic heterocycles. The topological polar surface area (TPSA) is 38.9 Å². The van der Waals surface area contributed by atoms with Gasteiger partial charge in [-0.15, -0.1) is 11.3 Å². The number of thiocarbonyl (C=S) groups is 1. The molecule has 1 saturated carbocycles. The van der Waals surface area contributed by atoms with Gasteiger partial charge in [0.05, 0.1) is 15.6 Å². The predicted octanol–water partition coefficient (Wildman–Crippen LogP) is 3.13. The SMILES string of the molecule is Cc1nc(C2CCCCC2)sc1C(N)=S. The van der Waals surface area contributed by atoms with Crippen LogP contribution in [0.1, 0.15) is 53.6 Å². The molecule has 0 atom stereocenters. The third-order valence-electron chi connectivity index (χ3n) is 2.99. The molecular formula is C11H16N2S2. The van der Waals surface area contributed by atoms with Gasteiger partial charge in [0, 0.05) is 5.92 Å². The Balaban J connectivity index is 2.21. The van der Waals surface area contributed by atoms with Crippen LogP contribution >= 0.6 is 23.6 Å². The van der Waals surface area contributed by atoms with Gasteiger partial charge in [-0.05, 0) is 19.8 Å². The zero-order valence-electron chi connectivity index (χ0n) is 8.95. The zero-order valence-corrected chi connectivity index (χ0v) is 10.6. The van der Waals surface area contributed by atoms with E-state index in [1.165, 1.54) is 37.1 Å². The molecule has 1 aromatic rings. The van der Waals surface area contributed by atoms with Crippen LogP contribution in [-0.2, 0) is 0 Å². The predicted molar refractivity (Wildman–Crippen MR) is 68.6 cm³/mol. The molecule has 0 radical (unpaired) electrons. The first-order chi connectivity index (χ1) is 7.18. The van der Waals surface area contributed by atoms with Crippen molar-refractivity contribution in [3.63, 3.8) is 0 Å². The second kappa shape index (κ2) is 4.58. The van der Waals surface area contributed by atoms with E-state index < -0.39 is 0 Å². The van der Waals surface area contributed by atoms with E-state index in [9.17, 15) is 0 Å². The summed E-state index contributed by atoms with van der Waals surface area (Å²) in [6, 6.07) is 0. The van der Waals surface area contributed by atoms with Crippen LogP contribution in [0.15, 0.2) is 0 Å². The summed E-state index contributed by atoms with van der Waals surface area (Å²) < 4.78 is 0. The number of thiazole rings is 1. The number of nitrogens with zero attached hydrogens (tertiary/aromatic N) is 1. The number of nitrogens with two attached hydrogens (primary N) is 1. The number of aryl methyl sites for hydroxylation is 1. The highest BCUT2D eigenvalue weighted by atomic mass is 32.1. The van der Waals surface area contributed by atoms with Gasteiger partial charge in [-0.2, -0.15) is 0 Å². The Morgan fingerprint density at radius 1 is 1.40 bits per heavy atom. The van der Waals surface area contributed by atoms with Gasteiger partial charge < -0.3 is 5.73 Å². The minimum atomic E-state index is 0.493. The van der Waals surface area contributed by atoms with Crippen molar-refractivity contribution >= 4 is 28.5 Å². The lowest BCUT2D eigenvalue weighted by atomic mass is 9.90. The van der Waals surface area contributed by atoms with Gasteiger partial charge in [0.25, 0.3) is 0 Å². The number of aromatic nitrogens is 1. The van der Waals surface area contributed by atoms with Crippen LogP contribution in [0.4, 0.5) is 0 Å². The molecule has 2 N–H and O–H groups in total. The molecular weight excluding hydrogens is 224 g/mol. The first-order valence-electron chi connectivity index (χ1n) is 5.45. The Morgan fingerprint density at radius 3 is 2.60 bits per heavy atom. The molecule has 0 spiro atoms. The van der Waals surface area contributed by atoms with Crippen LogP contribution in [0, 0.1) is 6.92 Å². The monoisotopic (exact) mass is 240 g/mol. The summed E-state index contributed by atoms with van der Waals surface area (Å²) in [6.45, 7) is 2.00. The van der Waals surface area contributed by atoms with Crippen molar-refractivity contribution in [2.45, 2.75) is 44.9 Å². The Hall–Kier alpha value is -0.480. The maximum Gasteiger partial charge on any atom is 0.116 e. The normalized spacial score (nSPS) is 17.9. The van der Waals surface area contributed by atoms with E-state index in [0.717, 1.165) is 10.6 Å². The molecule has 2 rings (SSSR count). The van der Waals surface area contributed by atoms with Crippen molar-refractivity contribution in [3.05, 3.63) is 15.6 Å². The van der Waals surface area contributed by atoms with Crippen molar-refractivity contribution in [1.29, 1.82) is 0 Å².